The molecule has 1 saturated carbocycles. The van der Waals surface area contributed by atoms with Crippen LogP contribution in [0.2, 0.25) is 0 Å². The zero-order valence-corrected chi connectivity index (χ0v) is 21.7. The van der Waals surface area contributed by atoms with Gasteiger partial charge in [0.15, 0.2) is 18.0 Å². The zero-order chi connectivity index (χ0) is 26.5. The summed E-state index contributed by atoms with van der Waals surface area (Å²) < 4.78 is 18.1. The lowest BCUT2D eigenvalue weighted by molar-refractivity contribution is -0.576. The molecule has 5 fully saturated rings. The van der Waals surface area contributed by atoms with Crippen LogP contribution in [-0.2, 0) is 38.4 Å². The first kappa shape index (κ1) is 27.3. The summed E-state index contributed by atoms with van der Waals surface area (Å²) in [5.74, 6) is -2.83. The highest BCUT2D eigenvalue weighted by atomic mass is 17.3. The molecule has 1 spiro atoms. The van der Waals surface area contributed by atoms with Gasteiger partial charge in [0.05, 0.1) is 6.42 Å². The smallest absolute Gasteiger partial charge is 0.333 e. The van der Waals surface area contributed by atoms with Crippen molar-refractivity contribution in [1.29, 1.82) is 0 Å². The molecule has 9 atom stereocenters. The quantitative estimate of drug-likeness (QED) is 0.325. The fourth-order valence-corrected chi connectivity index (χ4v) is 6.26. The van der Waals surface area contributed by atoms with Crippen LogP contribution in [0.3, 0.4) is 0 Å². The topological polar surface area (TPSA) is 150 Å². The maximum absolute atomic E-state index is 12.6. The first-order chi connectivity index (χ1) is 16.8. The number of hydrogen-bond donors (Lipinski definition) is 3. The summed E-state index contributed by atoms with van der Waals surface area (Å²) >= 11 is 0. The van der Waals surface area contributed by atoms with Crippen LogP contribution in [0.25, 0.3) is 0 Å². The van der Waals surface area contributed by atoms with Gasteiger partial charge in [-0.25, -0.2) is 14.6 Å². The number of esters is 1. The van der Waals surface area contributed by atoms with E-state index in [0.717, 1.165) is 19.3 Å². The largest absolute Gasteiger partial charge is 0.479 e. The zero-order valence-electron chi connectivity index (χ0n) is 21.7. The number of aliphatic hydroxyl groups is 1. The fourth-order valence-electron chi connectivity index (χ4n) is 6.26. The van der Waals surface area contributed by atoms with E-state index in [1.165, 1.54) is 13.8 Å². The highest BCUT2D eigenvalue weighted by Crippen LogP contribution is 2.60. The standard InChI is InChI=1S/C25H39NO10/c1-13-6-7-16-14(2)21(33-22-25(16)15(13)10-11-24(5,34-22)35-36-25)32-18(28)9-8-17(27)26-12-23(3,4)19(29)20(30)31/h13-16,19,21-22,29H,6-12H2,1-5H3,(H,26,27)(H,30,31). The number of nitrogens with one attached hydrogen (secondary N) is 1. The van der Waals surface area contributed by atoms with Gasteiger partial charge in [-0.1, -0.05) is 27.7 Å². The second-order valence-electron chi connectivity index (χ2n) is 11.8. The molecule has 0 aromatic rings. The monoisotopic (exact) mass is 513 g/mol. The summed E-state index contributed by atoms with van der Waals surface area (Å²) in [6.45, 7) is 9.04. The maximum atomic E-state index is 12.6. The van der Waals surface area contributed by atoms with E-state index in [4.69, 9.17) is 29.1 Å². The van der Waals surface area contributed by atoms with Crippen LogP contribution >= 0.6 is 0 Å². The Morgan fingerprint density at radius 3 is 2.53 bits per heavy atom. The van der Waals surface area contributed by atoms with Gasteiger partial charge in [-0.3, -0.25) is 9.59 Å². The van der Waals surface area contributed by atoms with Gasteiger partial charge >= 0.3 is 11.9 Å². The van der Waals surface area contributed by atoms with Crippen LogP contribution in [0.15, 0.2) is 0 Å². The molecular formula is C25H39NO10. The van der Waals surface area contributed by atoms with E-state index < -0.39 is 53.3 Å². The average Bonchev–Trinajstić information content (AvgIpc) is 3.05. The van der Waals surface area contributed by atoms with Gasteiger partial charge in [-0.05, 0) is 38.0 Å². The Balaban J connectivity index is 1.35. The Hall–Kier alpha value is -1.79. The molecule has 204 valence electrons. The molecule has 2 bridgehead atoms. The van der Waals surface area contributed by atoms with Gasteiger partial charge in [0, 0.05) is 36.6 Å². The number of aliphatic hydroxyl groups excluding tert-OH is 1. The van der Waals surface area contributed by atoms with Crippen LogP contribution in [0, 0.1) is 29.1 Å². The third-order valence-electron chi connectivity index (χ3n) is 8.62. The minimum atomic E-state index is -1.63. The van der Waals surface area contributed by atoms with Crippen molar-refractivity contribution in [1.82, 2.24) is 5.32 Å². The molecule has 5 aliphatic rings. The van der Waals surface area contributed by atoms with Crippen molar-refractivity contribution < 1.29 is 48.6 Å². The first-order valence-electron chi connectivity index (χ1n) is 12.9. The van der Waals surface area contributed by atoms with Gasteiger partial charge in [0.1, 0.15) is 0 Å². The molecule has 4 heterocycles. The summed E-state index contributed by atoms with van der Waals surface area (Å²) in [6.07, 6.45) is -0.0108. The molecule has 4 aliphatic heterocycles. The predicted octanol–water partition coefficient (Wildman–Crippen LogP) is 2.11. The predicted molar refractivity (Wildman–Crippen MR) is 123 cm³/mol. The van der Waals surface area contributed by atoms with Crippen LogP contribution in [0.4, 0.5) is 0 Å². The van der Waals surface area contributed by atoms with E-state index in [9.17, 15) is 19.5 Å². The summed E-state index contributed by atoms with van der Waals surface area (Å²) in [6, 6.07) is 0. The molecule has 5 rings (SSSR count). The molecule has 4 saturated heterocycles. The number of aliphatic carboxylic acids is 1. The Morgan fingerprint density at radius 2 is 1.83 bits per heavy atom. The van der Waals surface area contributed by atoms with Crippen molar-refractivity contribution in [2.24, 2.45) is 29.1 Å². The Bertz CT molecular complexity index is 879. The number of carboxylic acid groups (broad SMARTS) is 1. The molecule has 0 aromatic heterocycles. The van der Waals surface area contributed by atoms with E-state index in [-0.39, 0.29) is 37.1 Å². The van der Waals surface area contributed by atoms with E-state index in [0.29, 0.717) is 12.3 Å². The summed E-state index contributed by atoms with van der Waals surface area (Å²) in [5.41, 5.74) is -1.82. The molecule has 3 N–H and O–H groups in total. The van der Waals surface area contributed by atoms with E-state index in [1.54, 1.807) is 0 Å². The number of amides is 1. The van der Waals surface area contributed by atoms with Crippen LogP contribution in [-0.4, -0.2) is 64.7 Å². The van der Waals surface area contributed by atoms with Gasteiger partial charge in [-0.2, -0.15) is 0 Å². The molecule has 36 heavy (non-hydrogen) atoms. The number of hydrogen-bond acceptors (Lipinski definition) is 9. The summed E-state index contributed by atoms with van der Waals surface area (Å²) in [7, 11) is 0. The minimum absolute atomic E-state index is 0.0177. The highest BCUT2D eigenvalue weighted by Gasteiger charge is 2.69. The number of rotatable bonds is 8. The van der Waals surface area contributed by atoms with Crippen LogP contribution in [0.5, 0.6) is 0 Å². The molecule has 11 heteroatoms. The lowest BCUT2D eigenvalue weighted by Crippen LogP contribution is -2.70. The maximum Gasteiger partial charge on any atom is 0.333 e. The van der Waals surface area contributed by atoms with Crippen molar-refractivity contribution in [2.45, 2.75) is 103 Å². The van der Waals surface area contributed by atoms with Gasteiger partial charge in [0.25, 0.3) is 0 Å². The summed E-state index contributed by atoms with van der Waals surface area (Å²) in [5, 5.41) is 21.3. The Labute approximate surface area is 211 Å². The summed E-state index contributed by atoms with van der Waals surface area (Å²) in [4.78, 5) is 47.7. The van der Waals surface area contributed by atoms with Crippen LogP contribution < -0.4 is 5.32 Å². The van der Waals surface area contributed by atoms with Gasteiger partial charge < -0.3 is 29.7 Å². The van der Waals surface area contributed by atoms with E-state index >= 15 is 0 Å². The van der Waals surface area contributed by atoms with Gasteiger partial charge in [-0.15, -0.1) is 0 Å². The molecular weight excluding hydrogens is 474 g/mol. The average molecular weight is 514 g/mol. The minimum Gasteiger partial charge on any atom is -0.479 e. The molecule has 0 aromatic carbocycles. The van der Waals surface area contributed by atoms with Gasteiger partial charge in [0.2, 0.25) is 18.0 Å². The SMILES string of the molecule is CC1CCC2C(C)C(OC(=O)CCC(=O)NCC(C)(C)C(O)C(=O)O)OC3OC4(C)CCC1C32OO4. The Kier molecular flexibility index (Phi) is 7.44. The molecule has 0 radical (unpaired) electrons. The number of ether oxygens (including phenoxy) is 3. The van der Waals surface area contributed by atoms with E-state index in [2.05, 4.69) is 12.2 Å². The molecule has 1 aliphatic carbocycles. The number of carbonyl (C=O) groups is 3. The number of carboxylic acids is 1. The van der Waals surface area contributed by atoms with Crippen molar-refractivity contribution in [3.8, 4) is 0 Å². The van der Waals surface area contributed by atoms with Crippen molar-refractivity contribution in [3.05, 3.63) is 0 Å². The molecule has 1 amide bonds. The van der Waals surface area contributed by atoms with E-state index in [1.807, 2.05) is 13.8 Å². The number of carbonyl (C=O) groups excluding carboxylic acids is 2. The highest BCUT2D eigenvalue weighted by molar-refractivity contribution is 5.81. The van der Waals surface area contributed by atoms with Crippen molar-refractivity contribution in [3.63, 3.8) is 0 Å². The normalized spacial score (nSPS) is 40.5. The second kappa shape index (κ2) is 9.83. The van der Waals surface area contributed by atoms with Crippen molar-refractivity contribution in [2.75, 3.05) is 6.54 Å². The molecule has 11 nitrogen and oxygen atoms in total. The Morgan fingerprint density at radius 1 is 1.11 bits per heavy atom. The number of fused-ring (bicyclic) bond motifs is 2. The third kappa shape index (κ3) is 4.88. The fraction of sp³-hybridized carbons (Fsp3) is 0.880. The lowest BCUT2D eigenvalue weighted by Gasteiger charge is -2.59. The van der Waals surface area contributed by atoms with Crippen molar-refractivity contribution >= 4 is 17.8 Å². The molecule has 9 unspecified atom stereocenters. The van der Waals surface area contributed by atoms with Crippen LogP contribution in [0.1, 0.15) is 73.1 Å². The second-order valence-corrected chi connectivity index (χ2v) is 11.8. The first-order valence-corrected chi connectivity index (χ1v) is 12.9. The third-order valence-corrected chi connectivity index (χ3v) is 8.62. The lowest BCUT2D eigenvalue weighted by atomic mass is 9.58.